The molecule has 1 aromatic carbocycles. The van der Waals surface area contributed by atoms with E-state index in [1.54, 1.807) is 0 Å². The first-order valence-electron chi connectivity index (χ1n) is 6.79. The zero-order valence-corrected chi connectivity index (χ0v) is 12.8. The molecule has 0 radical (unpaired) electrons. The molecule has 102 valence electrons. The number of halogens is 1. The van der Waals surface area contributed by atoms with Crippen LogP contribution in [0.15, 0.2) is 34.8 Å². The molecule has 1 unspecified atom stereocenters. The molecule has 1 aromatic rings. The molecule has 0 fully saturated rings. The molecular formula is C16H19BrO2. The van der Waals surface area contributed by atoms with Gasteiger partial charge in [-0.15, -0.1) is 0 Å². The Morgan fingerprint density at radius 1 is 1.37 bits per heavy atom. The maximum atomic E-state index is 11.5. The SMILES string of the molecule is CCOC(=O)CC1CC=C(c2ccc(Br)cc2)CC1. The van der Waals surface area contributed by atoms with Crippen molar-refractivity contribution in [2.24, 2.45) is 5.92 Å². The highest BCUT2D eigenvalue weighted by molar-refractivity contribution is 9.10. The lowest BCUT2D eigenvalue weighted by atomic mass is 9.85. The van der Waals surface area contributed by atoms with E-state index in [1.165, 1.54) is 11.1 Å². The minimum Gasteiger partial charge on any atom is -0.466 e. The summed E-state index contributed by atoms with van der Waals surface area (Å²) < 4.78 is 6.11. The molecule has 0 N–H and O–H groups in total. The molecule has 1 aliphatic carbocycles. The topological polar surface area (TPSA) is 26.3 Å². The largest absolute Gasteiger partial charge is 0.466 e. The van der Waals surface area contributed by atoms with Crippen molar-refractivity contribution in [1.82, 2.24) is 0 Å². The molecule has 0 heterocycles. The van der Waals surface area contributed by atoms with Gasteiger partial charge in [-0.05, 0) is 55.4 Å². The van der Waals surface area contributed by atoms with Crippen molar-refractivity contribution in [1.29, 1.82) is 0 Å². The zero-order valence-electron chi connectivity index (χ0n) is 11.2. The Morgan fingerprint density at radius 3 is 2.68 bits per heavy atom. The molecule has 3 heteroatoms. The number of carbonyl (C=O) groups excluding carboxylic acids is 1. The Morgan fingerprint density at radius 2 is 2.11 bits per heavy atom. The summed E-state index contributed by atoms with van der Waals surface area (Å²) in [6.07, 6.45) is 5.92. The van der Waals surface area contributed by atoms with E-state index in [9.17, 15) is 4.79 Å². The second-order valence-electron chi connectivity index (χ2n) is 4.89. The van der Waals surface area contributed by atoms with Crippen LogP contribution in [0.25, 0.3) is 5.57 Å². The van der Waals surface area contributed by atoms with E-state index < -0.39 is 0 Å². The van der Waals surface area contributed by atoms with Crippen LogP contribution in [-0.2, 0) is 9.53 Å². The van der Waals surface area contributed by atoms with Crippen molar-refractivity contribution in [2.75, 3.05) is 6.61 Å². The summed E-state index contributed by atoms with van der Waals surface area (Å²) in [5, 5.41) is 0. The molecule has 2 nitrogen and oxygen atoms in total. The maximum Gasteiger partial charge on any atom is 0.306 e. The summed E-state index contributed by atoms with van der Waals surface area (Å²) in [7, 11) is 0. The van der Waals surface area contributed by atoms with Crippen molar-refractivity contribution < 1.29 is 9.53 Å². The van der Waals surface area contributed by atoms with Gasteiger partial charge < -0.3 is 4.74 Å². The lowest BCUT2D eigenvalue weighted by molar-refractivity contribution is -0.144. The summed E-state index contributed by atoms with van der Waals surface area (Å²) in [6, 6.07) is 8.42. The van der Waals surface area contributed by atoms with E-state index in [2.05, 4.69) is 46.3 Å². The molecule has 0 aliphatic heterocycles. The fourth-order valence-electron chi connectivity index (χ4n) is 2.46. The van der Waals surface area contributed by atoms with E-state index in [0.29, 0.717) is 18.9 Å². The molecule has 0 amide bonds. The van der Waals surface area contributed by atoms with E-state index in [0.717, 1.165) is 23.7 Å². The Bertz CT molecular complexity index is 462. The summed E-state index contributed by atoms with van der Waals surface area (Å²) in [4.78, 5) is 11.5. The highest BCUT2D eigenvalue weighted by Gasteiger charge is 2.18. The van der Waals surface area contributed by atoms with Gasteiger partial charge in [0.05, 0.1) is 6.61 Å². The average molecular weight is 323 g/mol. The van der Waals surface area contributed by atoms with Crippen molar-refractivity contribution >= 4 is 27.5 Å². The number of carbonyl (C=O) groups is 1. The van der Waals surface area contributed by atoms with E-state index in [-0.39, 0.29) is 5.97 Å². The Labute approximate surface area is 123 Å². The van der Waals surface area contributed by atoms with Crippen LogP contribution in [0.1, 0.15) is 38.2 Å². The molecule has 0 saturated carbocycles. The number of benzene rings is 1. The average Bonchev–Trinajstić information content (AvgIpc) is 2.41. The molecule has 0 aromatic heterocycles. The first-order valence-corrected chi connectivity index (χ1v) is 7.59. The van der Waals surface area contributed by atoms with Crippen LogP contribution in [-0.4, -0.2) is 12.6 Å². The predicted molar refractivity (Wildman–Crippen MR) is 80.7 cm³/mol. The number of allylic oxidation sites excluding steroid dienone is 2. The van der Waals surface area contributed by atoms with Gasteiger partial charge in [0.1, 0.15) is 0 Å². The predicted octanol–water partition coefficient (Wildman–Crippen LogP) is 4.59. The minimum atomic E-state index is -0.0620. The lowest BCUT2D eigenvalue weighted by Gasteiger charge is -2.21. The molecule has 2 rings (SSSR count). The van der Waals surface area contributed by atoms with Crippen LogP contribution < -0.4 is 0 Å². The van der Waals surface area contributed by atoms with Gasteiger partial charge in [-0.25, -0.2) is 0 Å². The van der Waals surface area contributed by atoms with Gasteiger partial charge in [-0.1, -0.05) is 34.1 Å². The van der Waals surface area contributed by atoms with Crippen LogP contribution in [0.4, 0.5) is 0 Å². The third-order valence-corrected chi connectivity index (χ3v) is 4.02. The summed E-state index contributed by atoms with van der Waals surface area (Å²) in [6.45, 7) is 2.33. The van der Waals surface area contributed by atoms with Gasteiger partial charge >= 0.3 is 5.97 Å². The molecule has 0 bridgehead atoms. The van der Waals surface area contributed by atoms with Crippen LogP contribution in [0.5, 0.6) is 0 Å². The number of ether oxygens (including phenoxy) is 1. The van der Waals surface area contributed by atoms with Crippen molar-refractivity contribution in [3.8, 4) is 0 Å². The second-order valence-corrected chi connectivity index (χ2v) is 5.80. The monoisotopic (exact) mass is 322 g/mol. The minimum absolute atomic E-state index is 0.0620. The van der Waals surface area contributed by atoms with Gasteiger partial charge in [0.2, 0.25) is 0 Å². The standard InChI is InChI=1S/C16H19BrO2/c1-2-19-16(18)11-12-3-5-13(6-4-12)14-7-9-15(17)10-8-14/h5,7-10,12H,2-4,6,11H2,1H3. The molecule has 0 saturated heterocycles. The third-order valence-electron chi connectivity index (χ3n) is 3.50. The maximum absolute atomic E-state index is 11.5. The van der Waals surface area contributed by atoms with E-state index in [4.69, 9.17) is 4.74 Å². The molecule has 1 aliphatic rings. The number of hydrogen-bond acceptors (Lipinski definition) is 2. The van der Waals surface area contributed by atoms with Gasteiger partial charge in [0.25, 0.3) is 0 Å². The van der Waals surface area contributed by atoms with Crippen LogP contribution >= 0.6 is 15.9 Å². The Balaban J connectivity index is 1.92. The molecule has 1 atom stereocenters. The van der Waals surface area contributed by atoms with Gasteiger partial charge in [0, 0.05) is 10.9 Å². The summed E-state index contributed by atoms with van der Waals surface area (Å²) >= 11 is 3.45. The van der Waals surface area contributed by atoms with Crippen LogP contribution in [0.3, 0.4) is 0 Å². The molecular weight excluding hydrogens is 304 g/mol. The normalized spacial score (nSPS) is 18.8. The highest BCUT2D eigenvalue weighted by Crippen LogP contribution is 2.32. The quantitative estimate of drug-likeness (QED) is 0.758. The lowest BCUT2D eigenvalue weighted by Crippen LogP contribution is -2.13. The summed E-state index contributed by atoms with van der Waals surface area (Å²) in [5.41, 5.74) is 2.69. The van der Waals surface area contributed by atoms with Gasteiger partial charge in [-0.2, -0.15) is 0 Å². The number of rotatable bonds is 4. The van der Waals surface area contributed by atoms with E-state index in [1.807, 2.05) is 6.92 Å². The van der Waals surface area contributed by atoms with Crippen LogP contribution in [0, 0.1) is 5.92 Å². The summed E-state index contributed by atoms with van der Waals surface area (Å²) in [5.74, 6) is 0.381. The van der Waals surface area contributed by atoms with Crippen molar-refractivity contribution in [2.45, 2.75) is 32.6 Å². The van der Waals surface area contributed by atoms with E-state index >= 15 is 0 Å². The smallest absolute Gasteiger partial charge is 0.306 e. The third kappa shape index (κ3) is 4.20. The van der Waals surface area contributed by atoms with Gasteiger partial charge in [0.15, 0.2) is 0 Å². The Kier molecular flexibility index (Phi) is 5.20. The molecule has 0 spiro atoms. The van der Waals surface area contributed by atoms with Crippen molar-refractivity contribution in [3.05, 3.63) is 40.4 Å². The first kappa shape index (κ1) is 14.3. The van der Waals surface area contributed by atoms with Crippen LogP contribution in [0.2, 0.25) is 0 Å². The fraction of sp³-hybridized carbons (Fsp3) is 0.438. The zero-order chi connectivity index (χ0) is 13.7. The first-order chi connectivity index (χ1) is 9.19. The fourth-order valence-corrected chi connectivity index (χ4v) is 2.72. The highest BCUT2D eigenvalue weighted by atomic mass is 79.9. The van der Waals surface area contributed by atoms with Crippen molar-refractivity contribution in [3.63, 3.8) is 0 Å². The molecule has 19 heavy (non-hydrogen) atoms. The second kappa shape index (κ2) is 6.90. The number of hydrogen-bond donors (Lipinski definition) is 0. The van der Waals surface area contributed by atoms with Gasteiger partial charge in [-0.3, -0.25) is 4.79 Å². The number of esters is 1. The Hall–Kier alpha value is -1.09.